The molecule has 1 unspecified atom stereocenters. The van der Waals surface area contributed by atoms with Gasteiger partial charge in [-0.25, -0.2) is 0 Å². The fraction of sp³-hybridized carbons (Fsp3) is 1.00. The van der Waals surface area contributed by atoms with Gasteiger partial charge in [-0.05, 0) is 38.5 Å². The van der Waals surface area contributed by atoms with E-state index in [2.05, 4.69) is 6.92 Å². The Bertz CT molecular complexity index is 106. The molecule has 66 valence electrons. The summed E-state index contributed by atoms with van der Waals surface area (Å²) < 4.78 is 5.24. The van der Waals surface area contributed by atoms with Gasteiger partial charge in [0, 0.05) is 7.11 Å². The molecule has 2 heteroatoms. The van der Waals surface area contributed by atoms with Crippen LogP contribution in [0.2, 0.25) is 0 Å². The molecule has 0 bridgehead atoms. The minimum atomic E-state index is -0.0460. The molecule has 0 radical (unpaired) electrons. The molecule has 11 heavy (non-hydrogen) atoms. The van der Waals surface area contributed by atoms with Gasteiger partial charge in [-0.15, -0.1) is 0 Å². The van der Waals surface area contributed by atoms with Crippen molar-refractivity contribution in [3.63, 3.8) is 0 Å². The van der Waals surface area contributed by atoms with Gasteiger partial charge in [-0.2, -0.15) is 0 Å². The highest BCUT2D eigenvalue weighted by Gasteiger charge is 2.23. The molecule has 1 aliphatic carbocycles. The lowest BCUT2D eigenvalue weighted by molar-refractivity contribution is 0.0230. The standard InChI is InChI=1S/C9H18O2/c1-7(11-2)8-3-5-9(10)6-4-8/h7-10H,3-6H2,1-2H3. The molecule has 1 atom stereocenters. The largest absolute Gasteiger partial charge is 0.393 e. The first-order valence-electron chi connectivity index (χ1n) is 4.45. The number of aliphatic hydroxyl groups is 1. The maximum absolute atomic E-state index is 9.24. The van der Waals surface area contributed by atoms with Crippen LogP contribution in [0.25, 0.3) is 0 Å². The fourth-order valence-electron chi connectivity index (χ4n) is 1.76. The van der Waals surface area contributed by atoms with Crippen LogP contribution in [0, 0.1) is 5.92 Å². The zero-order chi connectivity index (χ0) is 8.27. The topological polar surface area (TPSA) is 29.5 Å². The van der Waals surface area contributed by atoms with Gasteiger partial charge < -0.3 is 9.84 Å². The zero-order valence-electron chi connectivity index (χ0n) is 7.42. The van der Waals surface area contributed by atoms with Crippen molar-refractivity contribution in [1.29, 1.82) is 0 Å². The van der Waals surface area contributed by atoms with Crippen LogP contribution in [-0.4, -0.2) is 24.4 Å². The molecule has 1 saturated carbocycles. The normalized spacial score (nSPS) is 35.2. The second kappa shape index (κ2) is 4.07. The molecule has 1 aliphatic rings. The molecule has 1 rings (SSSR count). The second-order valence-corrected chi connectivity index (χ2v) is 3.51. The van der Waals surface area contributed by atoms with E-state index in [0.29, 0.717) is 12.0 Å². The van der Waals surface area contributed by atoms with Crippen LogP contribution in [-0.2, 0) is 4.74 Å². The lowest BCUT2D eigenvalue weighted by atomic mass is 9.84. The molecular formula is C9H18O2. The average molecular weight is 158 g/mol. The number of ether oxygens (including phenoxy) is 1. The van der Waals surface area contributed by atoms with Crippen molar-refractivity contribution in [3.8, 4) is 0 Å². The Morgan fingerprint density at radius 1 is 1.27 bits per heavy atom. The Kier molecular flexibility index (Phi) is 3.34. The minimum absolute atomic E-state index is 0.0460. The van der Waals surface area contributed by atoms with Gasteiger partial charge in [0.2, 0.25) is 0 Å². The third kappa shape index (κ3) is 2.46. The van der Waals surface area contributed by atoms with E-state index in [9.17, 15) is 5.11 Å². The first-order chi connectivity index (χ1) is 5.24. The van der Waals surface area contributed by atoms with Crippen molar-refractivity contribution in [2.45, 2.75) is 44.8 Å². The summed E-state index contributed by atoms with van der Waals surface area (Å²) >= 11 is 0. The predicted octanol–water partition coefficient (Wildman–Crippen LogP) is 1.57. The summed E-state index contributed by atoms with van der Waals surface area (Å²) in [5, 5.41) is 9.24. The maximum atomic E-state index is 9.24. The van der Waals surface area contributed by atoms with Gasteiger partial charge >= 0.3 is 0 Å². The zero-order valence-corrected chi connectivity index (χ0v) is 7.42. The van der Waals surface area contributed by atoms with Crippen molar-refractivity contribution in [3.05, 3.63) is 0 Å². The van der Waals surface area contributed by atoms with E-state index in [-0.39, 0.29) is 6.10 Å². The SMILES string of the molecule is COC(C)C1CCC(O)CC1. The second-order valence-electron chi connectivity index (χ2n) is 3.51. The van der Waals surface area contributed by atoms with E-state index in [1.165, 1.54) is 0 Å². The summed E-state index contributed by atoms with van der Waals surface area (Å²) in [5.74, 6) is 0.670. The summed E-state index contributed by atoms with van der Waals surface area (Å²) in [6, 6.07) is 0. The molecule has 1 N–H and O–H groups in total. The van der Waals surface area contributed by atoms with Crippen LogP contribution < -0.4 is 0 Å². The van der Waals surface area contributed by atoms with Gasteiger partial charge in [0.15, 0.2) is 0 Å². The number of hydrogen-bond donors (Lipinski definition) is 1. The molecule has 0 aliphatic heterocycles. The minimum Gasteiger partial charge on any atom is -0.393 e. The molecule has 0 saturated heterocycles. The Morgan fingerprint density at radius 3 is 2.27 bits per heavy atom. The van der Waals surface area contributed by atoms with E-state index in [4.69, 9.17) is 4.74 Å². The third-order valence-corrected chi connectivity index (χ3v) is 2.78. The van der Waals surface area contributed by atoms with E-state index in [0.717, 1.165) is 25.7 Å². The predicted molar refractivity (Wildman–Crippen MR) is 44.4 cm³/mol. The van der Waals surface area contributed by atoms with Crippen molar-refractivity contribution < 1.29 is 9.84 Å². The van der Waals surface area contributed by atoms with Gasteiger partial charge in [0.25, 0.3) is 0 Å². The maximum Gasteiger partial charge on any atom is 0.0571 e. The summed E-state index contributed by atoms with van der Waals surface area (Å²) in [4.78, 5) is 0. The van der Waals surface area contributed by atoms with E-state index >= 15 is 0 Å². The van der Waals surface area contributed by atoms with Gasteiger partial charge in [0.05, 0.1) is 12.2 Å². The number of rotatable bonds is 2. The fourth-order valence-corrected chi connectivity index (χ4v) is 1.76. The molecule has 0 amide bonds. The highest BCUT2D eigenvalue weighted by molar-refractivity contribution is 4.75. The van der Waals surface area contributed by atoms with E-state index in [1.807, 2.05) is 0 Å². The molecule has 0 spiro atoms. The molecule has 0 aromatic heterocycles. The molecule has 0 heterocycles. The highest BCUT2D eigenvalue weighted by Crippen LogP contribution is 2.27. The Morgan fingerprint density at radius 2 is 1.82 bits per heavy atom. The van der Waals surface area contributed by atoms with Crippen molar-refractivity contribution in [2.24, 2.45) is 5.92 Å². The van der Waals surface area contributed by atoms with Gasteiger partial charge in [-0.3, -0.25) is 0 Å². The first-order valence-corrected chi connectivity index (χ1v) is 4.45. The Labute approximate surface area is 68.6 Å². The van der Waals surface area contributed by atoms with Crippen molar-refractivity contribution >= 4 is 0 Å². The molecule has 0 aromatic carbocycles. The van der Waals surface area contributed by atoms with Crippen LogP contribution in [0.5, 0.6) is 0 Å². The van der Waals surface area contributed by atoms with Crippen LogP contribution in [0.15, 0.2) is 0 Å². The molecule has 1 fully saturated rings. The van der Waals surface area contributed by atoms with E-state index < -0.39 is 0 Å². The average Bonchev–Trinajstić information content (AvgIpc) is 2.05. The monoisotopic (exact) mass is 158 g/mol. The van der Waals surface area contributed by atoms with Crippen LogP contribution in [0.3, 0.4) is 0 Å². The molecule has 0 aromatic rings. The van der Waals surface area contributed by atoms with Crippen LogP contribution >= 0.6 is 0 Å². The highest BCUT2D eigenvalue weighted by atomic mass is 16.5. The smallest absolute Gasteiger partial charge is 0.0571 e. The Hall–Kier alpha value is -0.0800. The quantitative estimate of drug-likeness (QED) is 0.661. The summed E-state index contributed by atoms with van der Waals surface area (Å²) in [6.45, 7) is 2.11. The van der Waals surface area contributed by atoms with Gasteiger partial charge in [-0.1, -0.05) is 0 Å². The number of aliphatic hydroxyl groups excluding tert-OH is 1. The number of hydrogen-bond acceptors (Lipinski definition) is 2. The lowest BCUT2D eigenvalue weighted by Gasteiger charge is -2.29. The third-order valence-electron chi connectivity index (χ3n) is 2.78. The number of methoxy groups -OCH3 is 1. The molecule has 2 nitrogen and oxygen atoms in total. The summed E-state index contributed by atoms with van der Waals surface area (Å²) in [6.07, 6.45) is 4.47. The van der Waals surface area contributed by atoms with Crippen molar-refractivity contribution in [2.75, 3.05) is 7.11 Å². The van der Waals surface area contributed by atoms with Crippen LogP contribution in [0.4, 0.5) is 0 Å². The van der Waals surface area contributed by atoms with Gasteiger partial charge in [0.1, 0.15) is 0 Å². The van der Waals surface area contributed by atoms with Crippen molar-refractivity contribution in [1.82, 2.24) is 0 Å². The first kappa shape index (κ1) is 9.01. The lowest BCUT2D eigenvalue weighted by Crippen LogP contribution is -2.26. The summed E-state index contributed by atoms with van der Waals surface area (Å²) in [7, 11) is 1.76. The van der Waals surface area contributed by atoms with E-state index in [1.54, 1.807) is 7.11 Å². The Balaban J connectivity index is 2.27. The summed E-state index contributed by atoms with van der Waals surface area (Å²) in [5.41, 5.74) is 0. The van der Waals surface area contributed by atoms with Crippen LogP contribution in [0.1, 0.15) is 32.6 Å². The molecular weight excluding hydrogens is 140 g/mol.